The summed E-state index contributed by atoms with van der Waals surface area (Å²) in [5.74, 6) is 3.74. The van der Waals surface area contributed by atoms with Crippen molar-refractivity contribution < 1.29 is 9.53 Å². The van der Waals surface area contributed by atoms with Gasteiger partial charge < -0.3 is 24.8 Å². The molecular weight excluding hydrogens is 576 g/mol. The van der Waals surface area contributed by atoms with Gasteiger partial charge in [-0.2, -0.15) is 15.2 Å². The van der Waals surface area contributed by atoms with Crippen LogP contribution in [0.5, 0.6) is 6.01 Å². The highest BCUT2D eigenvalue weighted by atomic mass is 16.5. The minimum Gasteiger partial charge on any atom is -0.462 e. The number of benzene rings is 2. The number of ether oxygens (including phenoxy) is 1. The second-order valence-corrected chi connectivity index (χ2v) is 12.9. The van der Waals surface area contributed by atoms with Crippen LogP contribution in [0.15, 0.2) is 36.4 Å². The highest BCUT2D eigenvalue weighted by Gasteiger charge is 2.39. The van der Waals surface area contributed by atoms with Gasteiger partial charge in [0.05, 0.1) is 36.8 Å². The molecule has 0 saturated carbocycles. The summed E-state index contributed by atoms with van der Waals surface area (Å²) in [6, 6.07) is 15.7. The van der Waals surface area contributed by atoms with Crippen molar-refractivity contribution in [3.05, 3.63) is 53.2 Å². The third-order valence-electron chi connectivity index (χ3n) is 10.0. The molecule has 2 aromatic carbocycles. The van der Waals surface area contributed by atoms with Gasteiger partial charge in [0.25, 0.3) is 0 Å². The summed E-state index contributed by atoms with van der Waals surface area (Å²) in [7, 11) is 0. The van der Waals surface area contributed by atoms with E-state index in [9.17, 15) is 10.1 Å². The molecule has 0 bridgehead atoms. The molecule has 0 radical (unpaired) electrons. The molecule has 46 heavy (non-hydrogen) atoms. The Hall–Kier alpha value is -4.38. The molecular formula is C36H42N8O2. The van der Waals surface area contributed by atoms with E-state index in [1.54, 1.807) is 0 Å². The average Bonchev–Trinajstić information content (AvgIpc) is 3.84. The van der Waals surface area contributed by atoms with Gasteiger partial charge in [0.2, 0.25) is 5.91 Å². The van der Waals surface area contributed by atoms with Crippen molar-refractivity contribution in [3.63, 3.8) is 0 Å². The Bertz CT molecular complexity index is 1690. The Morgan fingerprint density at radius 2 is 1.96 bits per heavy atom. The number of carbonyl (C=O) groups excluding carboxylic acids is 1. The lowest BCUT2D eigenvalue weighted by Crippen LogP contribution is -2.57. The first-order chi connectivity index (χ1) is 22.5. The van der Waals surface area contributed by atoms with Crippen LogP contribution in [0.2, 0.25) is 0 Å². The Morgan fingerprint density at radius 1 is 1.11 bits per heavy atom. The molecule has 10 heteroatoms. The van der Waals surface area contributed by atoms with Gasteiger partial charge in [0, 0.05) is 68.4 Å². The number of hydrogen-bond acceptors (Lipinski definition) is 9. The molecule has 7 rings (SSSR count). The first-order valence-electron chi connectivity index (χ1n) is 16.6. The summed E-state index contributed by atoms with van der Waals surface area (Å²) in [4.78, 5) is 32.1. The van der Waals surface area contributed by atoms with Crippen molar-refractivity contribution in [3.8, 4) is 24.4 Å². The van der Waals surface area contributed by atoms with Gasteiger partial charge in [-0.1, -0.05) is 30.3 Å². The molecule has 3 aromatic rings. The minimum absolute atomic E-state index is 0.0978. The summed E-state index contributed by atoms with van der Waals surface area (Å²) in [5.41, 5.74) is 4.59. The predicted octanol–water partition coefficient (Wildman–Crippen LogP) is 3.27. The number of nitriles is 1. The lowest BCUT2D eigenvalue weighted by atomic mass is 9.99. The first kappa shape index (κ1) is 30.3. The molecule has 0 aliphatic carbocycles. The molecule has 238 valence electrons. The van der Waals surface area contributed by atoms with Crippen LogP contribution in [0.1, 0.15) is 42.5 Å². The third kappa shape index (κ3) is 6.08. The number of nitrogens with one attached hydrogen (secondary N) is 1. The molecule has 1 amide bonds. The fourth-order valence-corrected chi connectivity index (χ4v) is 7.50. The molecule has 5 heterocycles. The number of amides is 1. The van der Waals surface area contributed by atoms with Crippen molar-refractivity contribution in [2.24, 2.45) is 0 Å². The monoisotopic (exact) mass is 618 g/mol. The van der Waals surface area contributed by atoms with Crippen molar-refractivity contribution in [2.45, 2.75) is 63.7 Å². The van der Waals surface area contributed by atoms with E-state index in [0.717, 1.165) is 62.4 Å². The Morgan fingerprint density at radius 3 is 2.76 bits per heavy atom. The zero-order valence-corrected chi connectivity index (χ0v) is 26.6. The standard InChI is InChI=1S/C36H42N8O2/c1-3-4-16-41-17-7-11-28(41)24-46-36-39-31-23-42(32-12-6-10-26-9-5-8-25(2)33(26)32)18-14-29(31)34(40-36)43-19-20-44(27(22-43)13-15-37)35(45)30-21-38-30/h1,5-6,8-10,12,27-28,30,38H,4,7,11,13-14,16-24H2,2H3/t27-,28-,30+/m0/s1. The number of hydrogen-bond donors (Lipinski definition) is 1. The van der Waals surface area contributed by atoms with Crippen molar-refractivity contribution >= 4 is 28.2 Å². The van der Waals surface area contributed by atoms with Crippen LogP contribution >= 0.6 is 0 Å². The van der Waals surface area contributed by atoms with E-state index in [1.807, 2.05) is 4.90 Å². The maximum Gasteiger partial charge on any atom is 0.318 e. The number of terminal acetylenes is 1. The number of fused-ring (bicyclic) bond motifs is 2. The lowest BCUT2D eigenvalue weighted by Gasteiger charge is -2.42. The molecule has 4 aliphatic rings. The van der Waals surface area contributed by atoms with E-state index in [-0.39, 0.29) is 30.5 Å². The van der Waals surface area contributed by atoms with Crippen LogP contribution in [0.4, 0.5) is 11.5 Å². The maximum absolute atomic E-state index is 13.0. The van der Waals surface area contributed by atoms with E-state index in [0.29, 0.717) is 45.3 Å². The minimum atomic E-state index is -0.189. The number of piperazine rings is 1. The first-order valence-corrected chi connectivity index (χ1v) is 16.6. The van der Waals surface area contributed by atoms with Crippen molar-refractivity contribution in [1.29, 1.82) is 5.26 Å². The summed E-state index contributed by atoms with van der Waals surface area (Å²) < 4.78 is 6.42. The summed E-state index contributed by atoms with van der Waals surface area (Å²) in [6.07, 6.45) is 9.57. The van der Waals surface area contributed by atoms with E-state index in [2.05, 4.69) is 75.3 Å². The van der Waals surface area contributed by atoms with E-state index in [1.165, 1.54) is 22.0 Å². The van der Waals surface area contributed by atoms with Gasteiger partial charge >= 0.3 is 6.01 Å². The van der Waals surface area contributed by atoms with Crippen molar-refractivity contribution in [2.75, 3.05) is 62.2 Å². The van der Waals surface area contributed by atoms with E-state index < -0.39 is 0 Å². The number of nitrogens with zero attached hydrogens (tertiary/aromatic N) is 7. The van der Waals surface area contributed by atoms with Crippen LogP contribution in [0.3, 0.4) is 0 Å². The molecule has 10 nitrogen and oxygen atoms in total. The fraction of sp³-hybridized carbons (Fsp3) is 0.500. The number of rotatable bonds is 9. The highest BCUT2D eigenvalue weighted by Crippen LogP contribution is 2.36. The van der Waals surface area contributed by atoms with Crippen LogP contribution < -0.4 is 19.9 Å². The van der Waals surface area contributed by atoms with Gasteiger partial charge in [-0.05, 0) is 49.7 Å². The van der Waals surface area contributed by atoms with Gasteiger partial charge in [0.15, 0.2) is 0 Å². The van der Waals surface area contributed by atoms with Crippen LogP contribution in [0, 0.1) is 30.6 Å². The van der Waals surface area contributed by atoms with E-state index in [4.69, 9.17) is 21.1 Å². The Labute approximate surface area is 271 Å². The zero-order chi connectivity index (χ0) is 31.6. The molecule has 4 aliphatic heterocycles. The Kier molecular flexibility index (Phi) is 8.66. The number of anilines is 2. The third-order valence-corrected chi connectivity index (χ3v) is 10.0. The predicted molar refractivity (Wildman–Crippen MR) is 179 cm³/mol. The molecule has 3 fully saturated rings. The number of likely N-dealkylation sites (tertiary alicyclic amines) is 1. The smallest absolute Gasteiger partial charge is 0.318 e. The zero-order valence-electron chi connectivity index (χ0n) is 26.6. The summed E-state index contributed by atoms with van der Waals surface area (Å²) in [5, 5.41) is 15.3. The largest absolute Gasteiger partial charge is 0.462 e. The SMILES string of the molecule is C#CCCN1CCC[C@H]1COc1nc2c(c(N3CCN(C(=O)[C@H]4CN4)[C@@H](CC#N)C3)n1)CCN(c1cccc3cccc(C)c13)C2. The fourth-order valence-electron chi connectivity index (χ4n) is 7.50. The van der Waals surface area contributed by atoms with Gasteiger partial charge in [0.1, 0.15) is 12.4 Å². The van der Waals surface area contributed by atoms with Crippen LogP contribution in [-0.2, 0) is 17.8 Å². The van der Waals surface area contributed by atoms with Gasteiger partial charge in [-0.3, -0.25) is 9.69 Å². The normalized spacial score (nSPS) is 22.8. The molecule has 1 aromatic heterocycles. The molecule has 1 N–H and O–H groups in total. The van der Waals surface area contributed by atoms with Gasteiger partial charge in [-0.15, -0.1) is 12.3 Å². The molecule has 3 atom stereocenters. The van der Waals surface area contributed by atoms with Crippen molar-refractivity contribution in [1.82, 2.24) is 25.1 Å². The Balaban J connectivity index is 1.19. The van der Waals surface area contributed by atoms with Gasteiger partial charge in [-0.25, -0.2) is 0 Å². The number of aromatic nitrogens is 2. The number of aryl methyl sites for hydroxylation is 1. The maximum atomic E-state index is 13.0. The summed E-state index contributed by atoms with van der Waals surface area (Å²) >= 11 is 0. The molecule has 0 unspecified atom stereocenters. The van der Waals surface area contributed by atoms with Crippen LogP contribution in [-0.4, -0.2) is 96.2 Å². The average molecular weight is 619 g/mol. The molecule has 0 spiro atoms. The van der Waals surface area contributed by atoms with Crippen LogP contribution in [0.25, 0.3) is 10.8 Å². The quantitative estimate of drug-likeness (QED) is 0.285. The van der Waals surface area contributed by atoms with E-state index >= 15 is 0 Å². The second kappa shape index (κ2) is 13.2. The highest BCUT2D eigenvalue weighted by molar-refractivity contribution is 5.97. The topological polar surface area (TPSA) is 111 Å². The summed E-state index contributed by atoms with van der Waals surface area (Å²) in [6.45, 7) is 8.58. The lowest BCUT2D eigenvalue weighted by molar-refractivity contribution is -0.133. The molecule has 3 saturated heterocycles. The number of carbonyl (C=O) groups is 1. The second-order valence-electron chi connectivity index (χ2n) is 12.9.